The number of aryl methyl sites for hydroxylation is 1. The Morgan fingerprint density at radius 2 is 2.20 bits per heavy atom. The molecule has 0 fully saturated rings. The SMILES string of the molecule is C=C/C=C(Cl)\N=c1\ccc(C=C)cn1C. The topological polar surface area (TPSA) is 17.3 Å². The van der Waals surface area contributed by atoms with Crippen LogP contribution in [0.2, 0.25) is 0 Å². The van der Waals surface area contributed by atoms with Crippen molar-refractivity contribution in [2.24, 2.45) is 12.0 Å². The zero-order chi connectivity index (χ0) is 11.3. The molecular weight excluding hydrogens is 208 g/mol. The molecule has 15 heavy (non-hydrogen) atoms. The van der Waals surface area contributed by atoms with E-state index in [1.165, 1.54) is 0 Å². The summed E-state index contributed by atoms with van der Waals surface area (Å²) in [4.78, 5) is 4.21. The van der Waals surface area contributed by atoms with Crippen LogP contribution in [-0.2, 0) is 7.05 Å². The highest BCUT2D eigenvalue weighted by molar-refractivity contribution is 6.29. The first-order valence-electron chi connectivity index (χ1n) is 4.49. The average molecular weight is 221 g/mol. The van der Waals surface area contributed by atoms with Gasteiger partial charge in [0, 0.05) is 13.2 Å². The minimum Gasteiger partial charge on any atom is -0.335 e. The third kappa shape index (κ3) is 3.26. The van der Waals surface area contributed by atoms with Crippen molar-refractivity contribution in [2.75, 3.05) is 0 Å². The zero-order valence-corrected chi connectivity index (χ0v) is 9.41. The molecule has 0 radical (unpaired) electrons. The molecule has 0 amide bonds. The van der Waals surface area contributed by atoms with Crippen LogP contribution in [0.5, 0.6) is 0 Å². The van der Waals surface area contributed by atoms with Crippen LogP contribution in [0.4, 0.5) is 0 Å². The Hall–Kier alpha value is -1.54. The van der Waals surface area contributed by atoms with Gasteiger partial charge in [-0.1, -0.05) is 36.9 Å². The molecule has 0 aliphatic carbocycles. The summed E-state index contributed by atoms with van der Waals surface area (Å²) in [5.41, 5.74) is 1.82. The van der Waals surface area contributed by atoms with Crippen LogP contribution in [-0.4, -0.2) is 4.57 Å². The first-order chi connectivity index (χ1) is 7.17. The quantitative estimate of drug-likeness (QED) is 0.551. The van der Waals surface area contributed by atoms with Gasteiger partial charge in [-0.15, -0.1) is 0 Å². The van der Waals surface area contributed by atoms with Crippen LogP contribution >= 0.6 is 11.6 Å². The Kier molecular flexibility index (Phi) is 4.13. The molecular formula is C12H13ClN2. The normalized spacial score (nSPS) is 12.7. The molecule has 0 spiro atoms. The molecule has 2 nitrogen and oxygen atoms in total. The van der Waals surface area contributed by atoms with Gasteiger partial charge in [-0.3, -0.25) is 0 Å². The summed E-state index contributed by atoms with van der Waals surface area (Å²) in [7, 11) is 1.91. The molecule has 0 unspecified atom stereocenters. The molecule has 1 aromatic rings. The van der Waals surface area contributed by atoms with Crippen molar-refractivity contribution in [3.05, 3.63) is 59.8 Å². The number of hydrogen-bond donors (Lipinski definition) is 0. The fourth-order valence-electron chi connectivity index (χ4n) is 1.10. The molecule has 78 valence electrons. The summed E-state index contributed by atoms with van der Waals surface area (Å²) in [6.45, 7) is 7.25. The van der Waals surface area contributed by atoms with E-state index in [0.717, 1.165) is 11.1 Å². The van der Waals surface area contributed by atoms with Crippen LogP contribution < -0.4 is 5.49 Å². The lowest BCUT2D eigenvalue weighted by Crippen LogP contribution is -2.16. The van der Waals surface area contributed by atoms with E-state index in [2.05, 4.69) is 18.2 Å². The Labute approximate surface area is 94.5 Å². The highest BCUT2D eigenvalue weighted by atomic mass is 35.5. The van der Waals surface area contributed by atoms with Gasteiger partial charge in [-0.05, 0) is 23.8 Å². The Morgan fingerprint density at radius 3 is 2.73 bits per heavy atom. The van der Waals surface area contributed by atoms with Crippen molar-refractivity contribution in [1.82, 2.24) is 4.57 Å². The van der Waals surface area contributed by atoms with E-state index in [1.807, 2.05) is 29.9 Å². The number of halogens is 1. The maximum absolute atomic E-state index is 5.85. The van der Waals surface area contributed by atoms with Crippen molar-refractivity contribution < 1.29 is 0 Å². The lowest BCUT2D eigenvalue weighted by atomic mass is 10.3. The van der Waals surface area contributed by atoms with E-state index in [0.29, 0.717) is 5.16 Å². The fourth-order valence-corrected chi connectivity index (χ4v) is 1.28. The van der Waals surface area contributed by atoms with Crippen LogP contribution in [0.3, 0.4) is 0 Å². The second-order valence-corrected chi connectivity index (χ2v) is 3.36. The van der Waals surface area contributed by atoms with E-state index in [-0.39, 0.29) is 0 Å². The third-order valence-corrected chi connectivity index (χ3v) is 2.05. The maximum Gasteiger partial charge on any atom is 0.134 e. The van der Waals surface area contributed by atoms with Crippen LogP contribution in [0.25, 0.3) is 6.08 Å². The molecule has 1 heterocycles. The Bertz CT molecular complexity index is 467. The summed E-state index contributed by atoms with van der Waals surface area (Å²) >= 11 is 5.85. The minimum absolute atomic E-state index is 0.409. The molecule has 0 N–H and O–H groups in total. The molecule has 0 aromatic carbocycles. The van der Waals surface area contributed by atoms with Crippen LogP contribution in [0, 0.1) is 0 Å². The van der Waals surface area contributed by atoms with Crippen LogP contribution in [0.1, 0.15) is 5.56 Å². The number of rotatable bonds is 3. The van der Waals surface area contributed by atoms with E-state index >= 15 is 0 Å². The fraction of sp³-hybridized carbons (Fsp3) is 0.0833. The number of aromatic nitrogens is 1. The molecule has 0 aliphatic heterocycles. The molecule has 0 aliphatic rings. The van der Waals surface area contributed by atoms with Gasteiger partial charge < -0.3 is 4.57 Å². The monoisotopic (exact) mass is 220 g/mol. The van der Waals surface area contributed by atoms with Crippen LogP contribution in [0.15, 0.2) is 53.8 Å². The van der Waals surface area contributed by atoms with E-state index in [1.54, 1.807) is 18.2 Å². The highest BCUT2D eigenvalue weighted by Crippen LogP contribution is 2.01. The second-order valence-electron chi connectivity index (χ2n) is 2.97. The van der Waals surface area contributed by atoms with E-state index < -0.39 is 0 Å². The van der Waals surface area contributed by atoms with E-state index in [9.17, 15) is 0 Å². The molecule has 3 heteroatoms. The Balaban J connectivity index is 3.21. The maximum atomic E-state index is 5.85. The third-order valence-electron chi connectivity index (χ3n) is 1.84. The predicted octanol–water partition coefficient (Wildman–Crippen LogP) is 2.84. The number of allylic oxidation sites excluding steroid dienone is 2. The molecule has 0 bridgehead atoms. The highest BCUT2D eigenvalue weighted by Gasteiger charge is 1.91. The largest absolute Gasteiger partial charge is 0.335 e. The molecule has 1 rings (SSSR count). The van der Waals surface area contributed by atoms with Gasteiger partial charge in [0.05, 0.1) is 0 Å². The van der Waals surface area contributed by atoms with Gasteiger partial charge in [0.25, 0.3) is 0 Å². The van der Waals surface area contributed by atoms with E-state index in [4.69, 9.17) is 11.6 Å². The number of pyridine rings is 1. The summed E-state index contributed by atoms with van der Waals surface area (Å²) in [6, 6.07) is 3.82. The standard InChI is InChI=1S/C12H13ClN2/c1-4-6-11(13)14-12-8-7-10(5-2)9-15(12)3/h4-9H,1-2H2,3H3/b11-6-,14-12-. The lowest BCUT2D eigenvalue weighted by molar-refractivity contribution is 0.830. The lowest BCUT2D eigenvalue weighted by Gasteiger charge is -2.01. The second kappa shape index (κ2) is 5.37. The minimum atomic E-state index is 0.409. The summed E-state index contributed by atoms with van der Waals surface area (Å²) in [5.74, 6) is 0. The zero-order valence-electron chi connectivity index (χ0n) is 8.65. The van der Waals surface area contributed by atoms with Crippen molar-refractivity contribution in [3.8, 4) is 0 Å². The predicted molar refractivity (Wildman–Crippen MR) is 65.2 cm³/mol. The van der Waals surface area contributed by atoms with Gasteiger partial charge in [-0.2, -0.15) is 0 Å². The summed E-state index contributed by atoms with van der Waals surface area (Å²) in [6.07, 6.45) is 6.96. The molecule has 0 atom stereocenters. The van der Waals surface area contributed by atoms with Gasteiger partial charge in [0.15, 0.2) is 0 Å². The van der Waals surface area contributed by atoms with Crippen molar-refractivity contribution in [1.29, 1.82) is 0 Å². The average Bonchev–Trinajstić information content (AvgIpc) is 2.21. The van der Waals surface area contributed by atoms with Gasteiger partial charge in [0.2, 0.25) is 0 Å². The summed E-state index contributed by atoms with van der Waals surface area (Å²) in [5, 5.41) is 0.409. The first-order valence-corrected chi connectivity index (χ1v) is 4.87. The molecule has 0 saturated carbocycles. The molecule has 0 saturated heterocycles. The van der Waals surface area contributed by atoms with Gasteiger partial charge >= 0.3 is 0 Å². The smallest absolute Gasteiger partial charge is 0.134 e. The molecule has 1 aromatic heterocycles. The Morgan fingerprint density at radius 1 is 1.47 bits per heavy atom. The first kappa shape index (κ1) is 11.5. The number of hydrogen-bond acceptors (Lipinski definition) is 1. The van der Waals surface area contributed by atoms with Crippen molar-refractivity contribution in [2.45, 2.75) is 0 Å². The van der Waals surface area contributed by atoms with Gasteiger partial charge in [-0.25, -0.2) is 4.99 Å². The van der Waals surface area contributed by atoms with Gasteiger partial charge in [0.1, 0.15) is 10.6 Å². The van der Waals surface area contributed by atoms with Crippen molar-refractivity contribution in [3.63, 3.8) is 0 Å². The summed E-state index contributed by atoms with van der Waals surface area (Å²) < 4.78 is 1.89. The number of nitrogens with zero attached hydrogens (tertiary/aromatic N) is 2. The van der Waals surface area contributed by atoms with Crippen molar-refractivity contribution >= 4 is 17.7 Å².